The number of nitrogens with zero attached hydrogens (tertiary/aromatic N) is 1. The maximum absolute atomic E-state index is 12.8. The number of likely N-dealkylation sites (tertiary alicyclic amines) is 1. The number of hydrogen-bond donors (Lipinski definition) is 2. The number of aromatic amines is 1. The van der Waals surface area contributed by atoms with Crippen LogP contribution in [0.3, 0.4) is 0 Å². The van der Waals surface area contributed by atoms with Crippen LogP contribution in [0.5, 0.6) is 0 Å². The largest absolute Gasteiger partial charge is 0.358 e. The maximum Gasteiger partial charge on any atom is 0.253 e. The van der Waals surface area contributed by atoms with Crippen molar-refractivity contribution in [3.05, 3.63) is 35.0 Å². The second kappa shape index (κ2) is 6.22. The summed E-state index contributed by atoms with van der Waals surface area (Å²) in [5.74, 6) is -0.0462. The summed E-state index contributed by atoms with van der Waals surface area (Å²) in [6, 6.07) is 5.47. The van der Waals surface area contributed by atoms with Crippen molar-refractivity contribution in [1.29, 1.82) is 0 Å². The number of carbonyl (C=O) groups is 1. The third kappa shape index (κ3) is 3.47. The molecule has 130 valence electrons. The Kier molecular flexibility index (Phi) is 4.40. The van der Waals surface area contributed by atoms with E-state index in [0.29, 0.717) is 18.7 Å². The molecule has 1 aromatic heterocycles. The van der Waals surface area contributed by atoms with Gasteiger partial charge in [-0.3, -0.25) is 4.79 Å². The van der Waals surface area contributed by atoms with E-state index in [0.717, 1.165) is 41.3 Å². The maximum atomic E-state index is 12.8. The summed E-state index contributed by atoms with van der Waals surface area (Å²) in [4.78, 5) is 17.9. The van der Waals surface area contributed by atoms with Gasteiger partial charge in [-0.15, -0.1) is 0 Å². The number of rotatable bonds is 3. The second-order valence-electron chi connectivity index (χ2n) is 6.62. The van der Waals surface area contributed by atoms with Crippen molar-refractivity contribution < 1.29 is 13.2 Å². The quantitative estimate of drug-likeness (QED) is 0.888. The van der Waals surface area contributed by atoms with Gasteiger partial charge in [0.15, 0.2) is 0 Å². The summed E-state index contributed by atoms with van der Waals surface area (Å²) in [6.45, 7) is 5.12. The van der Waals surface area contributed by atoms with E-state index < -0.39 is 10.0 Å². The smallest absolute Gasteiger partial charge is 0.253 e. The molecule has 1 saturated heterocycles. The lowest BCUT2D eigenvalue weighted by atomic mass is 10.0. The Labute approximate surface area is 142 Å². The van der Waals surface area contributed by atoms with Crippen LogP contribution in [0.2, 0.25) is 0 Å². The van der Waals surface area contributed by atoms with Gasteiger partial charge in [-0.2, -0.15) is 0 Å². The predicted molar refractivity (Wildman–Crippen MR) is 94.7 cm³/mol. The van der Waals surface area contributed by atoms with E-state index in [1.807, 2.05) is 32.0 Å². The second-order valence-corrected chi connectivity index (χ2v) is 8.40. The first kappa shape index (κ1) is 17.0. The van der Waals surface area contributed by atoms with Crippen molar-refractivity contribution in [2.45, 2.75) is 32.7 Å². The monoisotopic (exact) mass is 349 g/mol. The number of nitrogens with one attached hydrogen (secondary N) is 2. The number of H-pyrrole nitrogens is 1. The first-order valence-corrected chi connectivity index (χ1v) is 9.99. The molecule has 3 rings (SSSR count). The minimum Gasteiger partial charge on any atom is -0.358 e. The van der Waals surface area contributed by atoms with Crippen molar-refractivity contribution in [3.63, 3.8) is 0 Å². The summed E-state index contributed by atoms with van der Waals surface area (Å²) in [5, 5.41) is 1.06. The molecule has 1 aliphatic heterocycles. The van der Waals surface area contributed by atoms with Crippen LogP contribution in [-0.4, -0.2) is 49.6 Å². The first-order chi connectivity index (χ1) is 11.2. The number of aryl methyl sites for hydroxylation is 2. The Morgan fingerprint density at radius 1 is 1.33 bits per heavy atom. The number of hydrogen-bond acceptors (Lipinski definition) is 3. The fourth-order valence-corrected chi connectivity index (χ4v) is 4.14. The van der Waals surface area contributed by atoms with Crippen LogP contribution >= 0.6 is 0 Å². The van der Waals surface area contributed by atoms with Crippen molar-refractivity contribution in [2.24, 2.45) is 0 Å². The average molecular weight is 349 g/mol. The highest BCUT2D eigenvalue weighted by Gasteiger charge is 2.26. The Hall–Kier alpha value is -1.86. The number of benzene rings is 1. The molecule has 6 nitrogen and oxygen atoms in total. The fourth-order valence-electron chi connectivity index (χ4n) is 3.34. The van der Waals surface area contributed by atoms with Crippen LogP contribution in [0.4, 0.5) is 0 Å². The molecule has 0 spiro atoms. The standard InChI is InChI=1S/C17H23N3O3S/c1-11-12(2)18-16-7-6-13(9-15(11)16)17(21)20-8-4-5-14(10-20)19-24(3,22)23/h6-7,9,14,18-19H,4-5,8,10H2,1-3H3/t14-/m1/s1. The van der Waals surface area contributed by atoms with E-state index in [9.17, 15) is 13.2 Å². The van der Waals surface area contributed by atoms with Gasteiger partial charge in [0.25, 0.3) is 5.91 Å². The molecule has 1 aromatic carbocycles. The number of fused-ring (bicyclic) bond motifs is 1. The number of piperidine rings is 1. The van der Waals surface area contributed by atoms with E-state index in [2.05, 4.69) is 9.71 Å². The van der Waals surface area contributed by atoms with Gasteiger partial charge < -0.3 is 9.88 Å². The molecule has 1 atom stereocenters. The van der Waals surface area contributed by atoms with E-state index in [1.165, 1.54) is 0 Å². The van der Waals surface area contributed by atoms with Gasteiger partial charge in [-0.25, -0.2) is 13.1 Å². The van der Waals surface area contributed by atoms with Gasteiger partial charge in [0.1, 0.15) is 0 Å². The number of sulfonamides is 1. The Morgan fingerprint density at radius 3 is 2.79 bits per heavy atom. The van der Waals surface area contributed by atoms with Crippen LogP contribution in [0.25, 0.3) is 10.9 Å². The third-order valence-corrected chi connectivity index (χ3v) is 5.41. The minimum absolute atomic E-state index is 0.0462. The molecule has 0 radical (unpaired) electrons. The lowest BCUT2D eigenvalue weighted by Gasteiger charge is -2.32. The molecule has 0 bridgehead atoms. The summed E-state index contributed by atoms with van der Waals surface area (Å²) in [7, 11) is -3.26. The predicted octanol–water partition coefficient (Wildman–Crippen LogP) is 1.94. The fraction of sp³-hybridized carbons (Fsp3) is 0.471. The van der Waals surface area contributed by atoms with Crippen molar-refractivity contribution in [2.75, 3.05) is 19.3 Å². The Balaban J connectivity index is 1.82. The van der Waals surface area contributed by atoms with Gasteiger partial charge >= 0.3 is 0 Å². The third-order valence-electron chi connectivity index (χ3n) is 4.64. The van der Waals surface area contributed by atoms with E-state index in [-0.39, 0.29) is 11.9 Å². The van der Waals surface area contributed by atoms with Crippen LogP contribution in [0, 0.1) is 13.8 Å². The molecule has 2 N–H and O–H groups in total. The molecule has 0 unspecified atom stereocenters. The van der Waals surface area contributed by atoms with Crippen LogP contribution in [0.15, 0.2) is 18.2 Å². The van der Waals surface area contributed by atoms with E-state index in [4.69, 9.17) is 0 Å². The molecule has 2 aromatic rings. The van der Waals surface area contributed by atoms with Gasteiger partial charge in [-0.05, 0) is 50.5 Å². The molecular formula is C17H23N3O3S. The van der Waals surface area contributed by atoms with Crippen LogP contribution in [-0.2, 0) is 10.0 Å². The first-order valence-electron chi connectivity index (χ1n) is 8.10. The number of carbonyl (C=O) groups excluding carboxylic acids is 1. The Morgan fingerprint density at radius 2 is 2.08 bits per heavy atom. The molecule has 0 aliphatic carbocycles. The number of amides is 1. The molecule has 24 heavy (non-hydrogen) atoms. The Bertz CT molecular complexity index is 886. The van der Waals surface area contributed by atoms with E-state index in [1.54, 1.807) is 4.90 Å². The highest BCUT2D eigenvalue weighted by molar-refractivity contribution is 7.88. The topological polar surface area (TPSA) is 82.3 Å². The zero-order valence-corrected chi connectivity index (χ0v) is 15.0. The van der Waals surface area contributed by atoms with Gasteiger partial charge in [-0.1, -0.05) is 0 Å². The van der Waals surface area contributed by atoms with Crippen LogP contribution < -0.4 is 4.72 Å². The summed E-state index contributed by atoms with van der Waals surface area (Å²) >= 11 is 0. The summed E-state index contributed by atoms with van der Waals surface area (Å²) < 4.78 is 25.4. The lowest BCUT2D eigenvalue weighted by Crippen LogP contribution is -2.49. The van der Waals surface area contributed by atoms with Crippen molar-refractivity contribution in [3.8, 4) is 0 Å². The average Bonchev–Trinajstić information content (AvgIpc) is 2.80. The summed E-state index contributed by atoms with van der Waals surface area (Å²) in [5.41, 5.74) is 3.92. The van der Waals surface area contributed by atoms with Gasteiger partial charge in [0, 0.05) is 41.3 Å². The molecule has 1 amide bonds. The number of aromatic nitrogens is 1. The summed E-state index contributed by atoms with van der Waals surface area (Å²) in [6.07, 6.45) is 2.70. The van der Waals surface area contributed by atoms with Gasteiger partial charge in [0.05, 0.1) is 6.26 Å². The molecule has 7 heteroatoms. The zero-order chi connectivity index (χ0) is 17.5. The van der Waals surface area contributed by atoms with Crippen molar-refractivity contribution >= 4 is 26.8 Å². The molecule has 0 saturated carbocycles. The highest BCUT2D eigenvalue weighted by Crippen LogP contribution is 2.23. The minimum atomic E-state index is -3.26. The molecular weight excluding hydrogens is 326 g/mol. The zero-order valence-electron chi connectivity index (χ0n) is 14.2. The van der Waals surface area contributed by atoms with Crippen molar-refractivity contribution in [1.82, 2.24) is 14.6 Å². The molecule has 2 heterocycles. The lowest BCUT2D eigenvalue weighted by molar-refractivity contribution is 0.0703. The molecule has 1 aliphatic rings. The normalized spacial score (nSPS) is 19.0. The molecule has 1 fully saturated rings. The van der Waals surface area contributed by atoms with E-state index >= 15 is 0 Å². The van der Waals surface area contributed by atoms with Crippen LogP contribution in [0.1, 0.15) is 34.5 Å². The SMILES string of the molecule is Cc1[nH]c2ccc(C(=O)N3CCC[C@@H](NS(C)(=O)=O)C3)cc2c1C. The van der Waals surface area contributed by atoms with Gasteiger partial charge in [0.2, 0.25) is 10.0 Å². The highest BCUT2D eigenvalue weighted by atomic mass is 32.2.